The van der Waals surface area contributed by atoms with Crippen LogP contribution in [-0.2, 0) is 0 Å². The Kier molecular flexibility index (Phi) is 3.92. The van der Waals surface area contributed by atoms with E-state index in [9.17, 15) is 9.18 Å². The minimum atomic E-state index is -0.282. The molecule has 24 heavy (non-hydrogen) atoms. The van der Waals surface area contributed by atoms with Crippen LogP contribution in [0.3, 0.4) is 0 Å². The highest BCUT2D eigenvalue weighted by Crippen LogP contribution is 2.43. The van der Waals surface area contributed by atoms with Gasteiger partial charge in [-0.15, -0.1) is 0 Å². The van der Waals surface area contributed by atoms with Crippen molar-refractivity contribution in [1.29, 1.82) is 0 Å². The van der Waals surface area contributed by atoms with Gasteiger partial charge in [-0.05, 0) is 61.6 Å². The Morgan fingerprint density at radius 2 is 2.08 bits per heavy atom. The summed E-state index contributed by atoms with van der Waals surface area (Å²) < 4.78 is 18.8. The highest BCUT2D eigenvalue weighted by molar-refractivity contribution is 5.94. The van der Waals surface area contributed by atoms with E-state index in [0.717, 1.165) is 19.3 Å². The Hall–Kier alpha value is -2.43. The molecule has 0 spiro atoms. The number of carbonyl (C=O) groups is 1. The van der Waals surface area contributed by atoms with Gasteiger partial charge in [-0.2, -0.15) is 0 Å². The minimum Gasteiger partial charge on any atom is -0.491 e. The molecular formula is C19H19FN2O2. The number of aromatic nitrogens is 1. The predicted octanol–water partition coefficient (Wildman–Crippen LogP) is 3.29. The van der Waals surface area contributed by atoms with E-state index in [1.54, 1.807) is 36.7 Å². The smallest absolute Gasteiger partial charge is 0.256 e. The van der Waals surface area contributed by atoms with Crippen LogP contribution in [0.15, 0.2) is 48.8 Å². The molecule has 1 saturated carbocycles. The van der Waals surface area contributed by atoms with Crippen molar-refractivity contribution >= 4 is 5.91 Å². The molecule has 1 aliphatic carbocycles. The number of halogens is 1. The van der Waals surface area contributed by atoms with E-state index in [4.69, 9.17) is 4.74 Å². The molecule has 2 aliphatic rings. The Morgan fingerprint density at radius 3 is 2.83 bits per heavy atom. The first kappa shape index (κ1) is 15.1. The van der Waals surface area contributed by atoms with E-state index in [-0.39, 0.29) is 17.8 Å². The molecule has 1 amide bonds. The van der Waals surface area contributed by atoms with Crippen LogP contribution in [-0.4, -0.2) is 34.5 Å². The molecule has 3 atom stereocenters. The standard InChI is InChI=1S/C19H19FN2O2/c20-15-4-7-17(8-5-15)24-12-18-13-3-6-16(10-13)22(18)19(23)14-2-1-9-21-11-14/h1-2,4-5,7-9,11,13,16,18H,3,6,10,12H2/t13?,16?,18-/m0/s1. The lowest BCUT2D eigenvalue weighted by atomic mass is 9.99. The molecule has 5 heteroatoms. The molecule has 0 radical (unpaired) electrons. The van der Waals surface area contributed by atoms with Crippen molar-refractivity contribution in [3.8, 4) is 5.75 Å². The van der Waals surface area contributed by atoms with Crippen LogP contribution in [0.4, 0.5) is 4.39 Å². The fraction of sp³-hybridized carbons (Fsp3) is 0.368. The number of hydrogen-bond acceptors (Lipinski definition) is 3. The minimum absolute atomic E-state index is 0.0306. The molecular weight excluding hydrogens is 307 g/mol. The molecule has 2 bridgehead atoms. The lowest BCUT2D eigenvalue weighted by Crippen LogP contribution is -2.47. The van der Waals surface area contributed by atoms with Gasteiger partial charge in [0, 0.05) is 18.4 Å². The summed E-state index contributed by atoms with van der Waals surface area (Å²) in [5, 5.41) is 0. The number of benzene rings is 1. The number of likely N-dealkylation sites (tertiary alicyclic amines) is 1. The molecule has 4 rings (SSSR count). The third-order valence-corrected chi connectivity index (χ3v) is 5.12. The SMILES string of the molecule is O=C(c1cccnc1)N1C2CCC(C2)[C@@H]1COc1ccc(F)cc1. The second-order valence-corrected chi connectivity index (χ2v) is 6.51. The van der Waals surface area contributed by atoms with Crippen molar-refractivity contribution in [3.63, 3.8) is 0 Å². The summed E-state index contributed by atoms with van der Waals surface area (Å²) in [5.74, 6) is 0.864. The van der Waals surface area contributed by atoms with E-state index >= 15 is 0 Å². The average molecular weight is 326 g/mol. The number of nitrogens with zero attached hydrogens (tertiary/aromatic N) is 2. The van der Waals surface area contributed by atoms with Crippen LogP contribution in [0.25, 0.3) is 0 Å². The molecule has 1 aromatic carbocycles. The Balaban J connectivity index is 1.50. The van der Waals surface area contributed by atoms with Crippen LogP contribution in [0.5, 0.6) is 5.75 Å². The van der Waals surface area contributed by atoms with Crippen molar-refractivity contribution in [2.45, 2.75) is 31.3 Å². The van der Waals surface area contributed by atoms with E-state index < -0.39 is 0 Å². The summed E-state index contributed by atoms with van der Waals surface area (Å²) in [6.45, 7) is 0.443. The number of rotatable bonds is 4. The Bertz CT molecular complexity index is 720. The largest absolute Gasteiger partial charge is 0.491 e. The normalized spacial score (nSPS) is 25.0. The van der Waals surface area contributed by atoms with Gasteiger partial charge in [-0.25, -0.2) is 4.39 Å². The third-order valence-electron chi connectivity index (χ3n) is 5.12. The van der Waals surface area contributed by atoms with Crippen LogP contribution in [0.1, 0.15) is 29.6 Å². The number of fused-ring (bicyclic) bond motifs is 2. The first-order valence-corrected chi connectivity index (χ1v) is 8.33. The van der Waals surface area contributed by atoms with E-state index in [1.165, 1.54) is 12.1 Å². The third kappa shape index (κ3) is 2.75. The molecule has 1 saturated heterocycles. The molecule has 1 aromatic heterocycles. The van der Waals surface area contributed by atoms with Gasteiger partial charge in [0.15, 0.2) is 0 Å². The summed E-state index contributed by atoms with van der Waals surface area (Å²) in [6.07, 6.45) is 6.53. The van der Waals surface area contributed by atoms with Gasteiger partial charge in [0.1, 0.15) is 18.2 Å². The van der Waals surface area contributed by atoms with E-state index in [2.05, 4.69) is 4.98 Å². The van der Waals surface area contributed by atoms with Crippen molar-refractivity contribution in [2.75, 3.05) is 6.61 Å². The molecule has 124 valence electrons. The van der Waals surface area contributed by atoms with Crippen molar-refractivity contribution < 1.29 is 13.9 Å². The molecule has 2 heterocycles. The maximum Gasteiger partial charge on any atom is 0.256 e. The average Bonchev–Trinajstić information content (AvgIpc) is 3.23. The molecule has 0 N–H and O–H groups in total. The number of ether oxygens (including phenoxy) is 1. The van der Waals surface area contributed by atoms with Gasteiger partial charge < -0.3 is 9.64 Å². The summed E-state index contributed by atoms with van der Waals surface area (Å²) in [4.78, 5) is 18.9. The van der Waals surface area contributed by atoms with Gasteiger partial charge >= 0.3 is 0 Å². The van der Waals surface area contributed by atoms with Crippen molar-refractivity contribution in [3.05, 3.63) is 60.2 Å². The van der Waals surface area contributed by atoms with Crippen LogP contribution >= 0.6 is 0 Å². The van der Waals surface area contributed by atoms with E-state index in [1.807, 2.05) is 4.90 Å². The monoisotopic (exact) mass is 326 g/mol. The van der Waals surface area contributed by atoms with Crippen LogP contribution in [0.2, 0.25) is 0 Å². The molecule has 1 aliphatic heterocycles. The van der Waals surface area contributed by atoms with Gasteiger partial charge in [-0.3, -0.25) is 9.78 Å². The zero-order valence-electron chi connectivity index (χ0n) is 13.3. The molecule has 2 fully saturated rings. The van der Waals surface area contributed by atoms with Gasteiger partial charge in [-0.1, -0.05) is 0 Å². The van der Waals surface area contributed by atoms with Crippen molar-refractivity contribution in [2.24, 2.45) is 5.92 Å². The van der Waals surface area contributed by atoms with E-state index in [0.29, 0.717) is 29.9 Å². The maximum absolute atomic E-state index is 13.0. The number of pyridine rings is 1. The predicted molar refractivity (Wildman–Crippen MR) is 87.2 cm³/mol. The number of hydrogen-bond donors (Lipinski definition) is 0. The first-order valence-electron chi connectivity index (χ1n) is 8.33. The highest BCUT2D eigenvalue weighted by atomic mass is 19.1. The summed E-state index contributed by atoms with van der Waals surface area (Å²) in [5.41, 5.74) is 0.622. The topological polar surface area (TPSA) is 42.4 Å². The fourth-order valence-electron chi connectivity index (χ4n) is 3.98. The lowest BCUT2D eigenvalue weighted by molar-refractivity contribution is 0.0505. The van der Waals surface area contributed by atoms with Gasteiger partial charge in [0.2, 0.25) is 0 Å². The Morgan fingerprint density at radius 1 is 1.25 bits per heavy atom. The number of amides is 1. The summed E-state index contributed by atoms with van der Waals surface area (Å²) in [7, 11) is 0. The van der Waals surface area contributed by atoms with Crippen LogP contribution < -0.4 is 4.74 Å². The Labute approximate surface area is 140 Å². The second kappa shape index (κ2) is 6.23. The molecule has 4 nitrogen and oxygen atoms in total. The maximum atomic E-state index is 13.0. The van der Waals surface area contributed by atoms with Gasteiger partial charge in [0.25, 0.3) is 5.91 Å². The number of carbonyl (C=O) groups excluding carboxylic acids is 1. The van der Waals surface area contributed by atoms with Crippen LogP contribution in [0, 0.1) is 11.7 Å². The first-order chi connectivity index (χ1) is 11.7. The summed E-state index contributed by atoms with van der Waals surface area (Å²) in [6, 6.07) is 9.96. The molecule has 2 unspecified atom stereocenters. The van der Waals surface area contributed by atoms with Gasteiger partial charge in [0.05, 0.1) is 11.6 Å². The number of piperidine rings is 1. The molecule has 2 aromatic rings. The fourth-order valence-corrected chi connectivity index (χ4v) is 3.98. The highest BCUT2D eigenvalue weighted by Gasteiger charge is 2.48. The lowest BCUT2D eigenvalue weighted by Gasteiger charge is -2.35. The zero-order chi connectivity index (χ0) is 16.5. The summed E-state index contributed by atoms with van der Waals surface area (Å²) >= 11 is 0. The zero-order valence-corrected chi connectivity index (χ0v) is 13.3. The second-order valence-electron chi connectivity index (χ2n) is 6.51. The quantitative estimate of drug-likeness (QED) is 0.866. The van der Waals surface area contributed by atoms with Crippen molar-refractivity contribution in [1.82, 2.24) is 9.88 Å².